The first kappa shape index (κ1) is 12.0. The highest BCUT2D eigenvalue weighted by atomic mass is 16.1. The molecule has 92 valence electrons. The number of anilines is 1. The van der Waals surface area contributed by atoms with E-state index in [1.165, 1.54) is 0 Å². The van der Waals surface area contributed by atoms with Crippen molar-refractivity contribution in [1.29, 1.82) is 0 Å². The highest BCUT2D eigenvalue weighted by Gasteiger charge is 2.04. The second-order valence-corrected chi connectivity index (χ2v) is 3.91. The second kappa shape index (κ2) is 5.77. The maximum absolute atomic E-state index is 11.7. The number of benzene rings is 1. The summed E-state index contributed by atoms with van der Waals surface area (Å²) in [6, 6.07) is 10.9. The lowest BCUT2D eigenvalue weighted by molar-refractivity contribution is -0.120. The first-order chi connectivity index (χ1) is 8.74. The number of rotatable bonds is 4. The van der Waals surface area contributed by atoms with Gasteiger partial charge >= 0.3 is 0 Å². The summed E-state index contributed by atoms with van der Waals surface area (Å²) in [5, 5.41) is 10.4. The molecule has 1 aromatic heterocycles. The molecule has 1 heterocycles. The van der Waals surface area contributed by atoms with Gasteiger partial charge in [-0.1, -0.05) is 12.1 Å². The van der Waals surface area contributed by atoms with Crippen LogP contribution >= 0.6 is 0 Å². The van der Waals surface area contributed by atoms with Crippen molar-refractivity contribution >= 4 is 11.6 Å². The number of carbonyl (C=O) groups is 1. The molecule has 0 aliphatic heterocycles. The number of amides is 1. The lowest BCUT2D eigenvalue weighted by Crippen LogP contribution is -2.25. The van der Waals surface area contributed by atoms with E-state index in [1.54, 1.807) is 24.4 Å². The van der Waals surface area contributed by atoms with Crippen LogP contribution in [0.1, 0.15) is 11.3 Å². The molecular weight excluding hydrogens is 228 g/mol. The van der Waals surface area contributed by atoms with Crippen molar-refractivity contribution in [3.63, 3.8) is 0 Å². The van der Waals surface area contributed by atoms with Crippen molar-refractivity contribution in [3.8, 4) is 0 Å². The van der Waals surface area contributed by atoms with E-state index in [1.807, 2.05) is 18.2 Å². The molecule has 5 heteroatoms. The summed E-state index contributed by atoms with van der Waals surface area (Å²) in [4.78, 5) is 11.7. The predicted octanol–water partition coefficient (Wildman–Crippen LogP) is 0.918. The Morgan fingerprint density at radius 3 is 2.89 bits per heavy atom. The SMILES string of the molecule is Nc1cccc(CC(=O)NCc2cccnn2)c1. The molecule has 0 saturated carbocycles. The third kappa shape index (κ3) is 3.55. The molecule has 0 unspecified atom stereocenters. The monoisotopic (exact) mass is 242 g/mol. The molecular formula is C13H14N4O. The van der Waals surface area contributed by atoms with Gasteiger partial charge < -0.3 is 11.1 Å². The van der Waals surface area contributed by atoms with E-state index in [9.17, 15) is 4.79 Å². The lowest BCUT2D eigenvalue weighted by atomic mass is 10.1. The Labute approximate surface area is 105 Å². The number of hydrogen-bond donors (Lipinski definition) is 2. The fourth-order valence-corrected chi connectivity index (χ4v) is 1.57. The first-order valence-corrected chi connectivity index (χ1v) is 5.62. The van der Waals surface area contributed by atoms with Crippen LogP contribution < -0.4 is 11.1 Å². The smallest absolute Gasteiger partial charge is 0.224 e. The number of nitrogens with two attached hydrogens (primary N) is 1. The number of carbonyl (C=O) groups excluding carboxylic acids is 1. The minimum atomic E-state index is -0.0637. The summed E-state index contributed by atoms with van der Waals surface area (Å²) in [7, 11) is 0. The molecule has 0 radical (unpaired) electrons. The number of nitrogens with one attached hydrogen (secondary N) is 1. The molecule has 0 aliphatic rings. The van der Waals surface area contributed by atoms with E-state index in [4.69, 9.17) is 5.73 Å². The lowest BCUT2D eigenvalue weighted by Gasteiger charge is -2.05. The van der Waals surface area contributed by atoms with E-state index in [-0.39, 0.29) is 5.91 Å². The Hall–Kier alpha value is -2.43. The normalized spacial score (nSPS) is 10.0. The summed E-state index contributed by atoms with van der Waals surface area (Å²) in [6.45, 7) is 0.384. The van der Waals surface area contributed by atoms with Crippen molar-refractivity contribution in [2.24, 2.45) is 0 Å². The van der Waals surface area contributed by atoms with Gasteiger partial charge in [0.1, 0.15) is 0 Å². The first-order valence-electron chi connectivity index (χ1n) is 5.62. The molecule has 0 bridgehead atoms. The highest BCUT2D eigenvalue weighted by molar-refractivity contribution is 5.78. The largest absolute Gasteiger partial charge is 0.399 e. The fraction of sp³-hybridized carbons (Fsp3) is 0.154. The maximum atomic E-state index is 11.7. The molecule has 1 aromatic carbocycles. The minimum absolute atomic E-state index is 0.0637. The van der Waals surface area contributed by atoms with Crippen LogP contribution in [0.3, 0.4) is 0 Å². The summed E-state index contributed by atoms with van der Waals surface area (Å²) >= 11 is 0. The van der Waals surface area contributed by atoms with E-state index < -0.39 is 0 Å². The average Bonchev–Trinajstić information content (AvgIpc) is 2.38. The Balaban J connectivity index is 1.86. The molecule has 0 atom stereocenters. The summed E-state index contributed by atoms with van der Waals surface area (Å²) in [5.41, 5.74) is 7.94. The zero-order chi connectivity index (χ0) is 12.8. The van der Waals surface area contributed by atoms with Crippen LogP contribution in [-0.2, 0) is 17.8 Å². The second-order valence-electron chi connectivity index (χ2n) is 3.91. The van der Waals surface area contributed by atoms with Crippen LogP contribution in [0.25, 0.3) is 0 Å². The molecule has 5 nitrogen and oxygen atoms in total. The van der Waals surface area contributed by atoms with Crippen LogP contribution in [0, 0.1) is 0 Å². The van der Waals surface area contributed by atoms with Crippen LogP contribution in [0.4, 0.5) is 5.69 Å². The van der Waals surface area contributed by atoms with E-state index in [0.29, 0.717) is 18.7 Å². The van der Waals surface area contributed by atoms with Crippen molar-refractivity contribution in [2.45, 2.75) is 13.0 Å². The van der Waals surface area contributed by atoms with Gasteiger partial charge in [0.25, 0.3) is 0 Å². The molecule has 0 saturated heterocycles. The third-order valence-electron chi connectivity index (χ3n) is 2.41. The van der Waals surface area contributed by atoms with Crippen LogP contribution in [0.2, 0.25) is 0 Å². The average molecular weight is 242 g/mol. The van der Waals surface area contributed by atoms with E-state index in [0.717, 1.165) is 11.3 Å². The molecule has 2 aromatic rings. The van der Waals surface area contributed by atoms with Crippen molar-refractivity contribution in [3.05, 3.63) is 53.9 Å². The number of nitrogens with zero attached hydrogens (tertiary/aromatic N) is 2. The zero-order valence-corrected chi connectivity index (χ0v) is 9.84. The van der Waals surface area contributed by atoms with E-state index >= 15 is 0 Å². The molecule has 0 aliphatic carbocycles. The van der Waals surface area contributed by atoms with Gasteiger partial charge in [0.2, 0.25) is 5.91 Å². The summed E-state index contributed by atoms with van der Waals surface area (Å²) in [6.07, 6.45) is 1.91. The minimum Gasteiger partial charge on any atom is -0.399 e. The van der Waals surface area contributed by atoms with Crippen LogP contribution in [0.5, 0.6) is 0 Å². The molecule has 0 fully saturated rings. The molecule has 18 heavy (non-hydrogen) atoms. The molecule has 1 amide bonds. The van der Waals surface area contributed by atoms with Crippen molar-refractivity contribution in [1.82, 2.24) is 15.5 Å². The number of aromatic nitrogens is 2. The van der Waals surface area contributed by atoms with Crippen LogP contribution in [0.15, 0.2) is 42.6 Å². The predicted molar refractivity (Wildman–Crippen MR) is 68.4 cm³/mol. The topological polar surface area (TPSA) is 80.9 Å². The van der Waals surface area contributed by atoms with Gasteiger partial charge in [-0.05, 0) is 29.8 Å². The molecule has 2 rings (SSSR count). The molecule has 3 N–H and O–H groups in total. The van der Waals surface area contributed by atoms with Gasteiger partial charge in [-0.25, -0.2) is 0 Å². The maximum Gasteiger partial charge on any atom is 0.224 e. The summed E-state index contributed by atoms with van der Waals surface area (Å²) in [5.74, 6) is -0.0637. The summed E-state index contributed by atoms with van der Waals surface area (Å²) < 4.78 is 0. The Morgan fingerprint density at radius 1 is 1.28 bits per heavy atom. The zero-order valence-electron chi connectivity index (χ0n) is 9.84. The standard InChI is InChI=1S/C13H14N4O/c14-11-4-1-3-10(7-11)8-13(18)15-9-12-5-2-6-16-17-12/h1-7H,8-9,14H2,(H,15,18). The van der Waals surface area contributed by atoms with Gasteiger partial charge in [0, 0.05) is 11.9 Å². The fourth-order valence-electron chi connectivity index (χ4n) is 1.57. The third-order valence-corrected chi connectivity index (χ3v) is 2.41. The Morgan fingerprint density at radius 2 is 2.17 bits per heavy atom. The van der Waals surface area contributed by atoms with Crippen LogP contribution in [-0.4, -0.2) is 16.1 Å². The quantitative estimate of drug-likeness (QED) is 0.781. The van der Waals surface area contributed by atoms with Gasteiger partial charge in [-0.2, -0.15) is 10.2 Å². The van der Waals surface area contributed by atoms with Gasteiger partial charge in [0.05, 0.1) is 18.7 Å². The van der Waals surface area contributed by atoms with Gasteiger partial charge in [-0.15, -0.1) is 0 Å². The number of hydrogen-bond acceptors (Lipinski definition) is 4. The highest BCUT2D eigenvalue weighted by Crippen LogP contribution is 2.07. The Bertz CT molecular complexity index is 528. The number of nitrogen functional groups attached to an aromatic ring is 1. The Kier molecular flexibility index (Phi) is 3.86. The van der Waals surface area contributed by atoms with E-state index in [2.05, 4.69) is 15.5 Å². The van der Waals surface area contributed by atoms with Gasteiger partial charge in [0.15, 0.2) is 0 Å². The van der Waals surface area contributed by atoms with Crippen molar-refractivity contribution < 1.29 is 4.79 Å². The molecule has 0 spiro atoms. The van der Waals surface area contributed by atoms with Crippen molar-refractivity contribution in [2.75, 3.05) is 5.73 Å². The van der Waals surface area contributed by atoms with Gasteiger partial charge in [-0.3, -0.25) is 4.79 Å².